The Morgan fingerprint density at radius 3 is 2.62 bits per heavy atom. The van der Waals surface area contributed by atoms with Crippen LogP contribution in [0.2, 0.25) is 0 Å². The van der Waals surface area contributed by atoms with E-state index in [4.69, 9.17) is 0 Å². The third-order valence-corrected chi connectivity index (χ3v) is 3.84. The molecule has 0 saturated heterocycles. The van der Waals surface area contributed by atoms with Crippen molar-refractivity contribution in [1.82, 2.24) is 0 Å². The molecule has 1 fully saturated rings. The van der Waals surface area contributed by atoms with Gasteiger partial charge < -0.3 is 5.11 Å². The van der Waals surface area contributed by atoms with Crippen LogP contribution in [-0.4, -0.2) is 10.7 Å². The maximum Gasteiger partial charge on any atom is 0.0653 e. The molecule has 2 rings (SSSR count). The summed E-state index contributed by atoms with van der Waals surface area (Å²) in [5, 5.41) is 9.69. The molecule has 1 aromatic heterocycles. The van der Waals surface area contributed by atoms with Crippen LogP contribution in [0.3, 0.4) is 0 Å². The predicted octanol–water partition coefficient (Wildman–Crippen LogP) is 2.82. The second kappa shape index (κ2) is 3.10. The first-order valence-electron chi connectivity index (χ1n) is 4.87. The largest absolute Gasteiger partial charge is 0.390 e. The van der Waals surface area contributed by atoms with E-state index in [2.05, 4.69) is 19.9 Å². The van der Waals surface area contributed by atoms with Crippen LogP contribution >= 0.6 is 11.3 Å². The molecule has 1 heterocycles. The zero-order valence-electron chi connectivity index (χ0n) is 8.26. The number of rotatable bonds is 3. The highest BCUT2D eigenvalue weighted by Gasteiger charge is 2.39. The highest BCUT2D eigenvalue weighted by atomic mass is 32.1. The van der Waals surface area contributed by atoms with Gasteiger partial charge >= 0.3 is 0 Å². The molecule has 2 heteroatoms. The van der Waals surface area contributed by atoms with Gasteiger partial charge in [-0.2, -0.15) is 0 Å². The summed E-state index contributed by atoms with van der Waals surface area (Å²) >= 11 is 1.86. The summed E-state index contributed by atoms with van der Waals surface area (Å²) in [6.45, 7) is 4.32. The van der Waals surface area contributed by atoms with Crippen LogP contribution in [0.5, 0.6) is 0 Å². The molecule has 1 aromatic rings. The number of aliphatic hydroxyl groups is 1. The lowest BCUT2D eigenvalue weighted by Gasteiger charge is -2.05. The Hall–Kier alpha value is -0.340. The SMILES string of the molecule is Cc1cc(CCC2(O)CC2)c(C)s1. The van der Waals surface area contributed by atoms with E-state index in [1.807, 2.05) is 11.3 Å². The molecule has 13 heavy (non-hydrogen) atoms. The third-order valence-electron chi connectivity index (χ3n) is 2.83. The number of aryl methyl sites for hydroxylation is 3. The number of thiophene rings is 1. The number of hydrogen-bond donors (Lipinski definition) is 1. The molecule has 1 nitrogen and oxygen atoms in total. The van der Waals surface area contributed by atoms with Crippen molar-refractivity contribution in [3.05, 3.63) is 21.4 Å². The van der Waals surface area contributed by atoms with Gasteiger partial charge in [0.2, 0.25) is 0 Å². The Morgan fingerprint density at radius 2 is 2.15 bits per heavy atom. The van der Waals surface area contributed by atoms with E-state index in [0.29, 0.717) is 0 Å². The summed E-state index contributed by atoms with van der Waals surface area (Å²) in [7, 11) is 0. The lowest BCUT2D eigenvalue weighted by Crippen LogP contribution is -2.07. The minimum absolute atomic E-state index is 0.289. The molecule has 0 atom stereocenters. The Balaban J connectivity index is 1.97. The summed E-state index contributed by atoms with van der Waals surface area (Å²) in [6.07, 6.45) is 4.01. The van der Waals surface area contributed by atoms with Crippen LogP contribution in [0.25, 0.3) is 0 Å². The summed E-state index contributed by atoms with van der Waals surface area (Å²) in [6, 6.07) is 2.26. The van der Waals surface area contributed by atoms with Gasteiger partial charge in [0.05, 0.1) is 5.60 Å². The van der Waals surface area contributed by atoms with E-state index in [0.717, 1.165) is 25.7 Å². The molecule has 1 N–H and O–H groups in total. The lowest BCUT2D eigenvalue weighted by molar-refractivity contribution is 0.140. The Bertz CT molecular complexity index is 310. The van der Waals surface area contributed by atoms with E-state index >= 15 is 0 Å². The fourth-order valence-electron chi connectivity index (χ4n) is 1.69. The second-order valence-electron chi connectivity index (χ2n) is 4.16. The van der Waals surface area contributed by atoms with Gasteiger partial charge in [0.25, 0.3) is 0 Å². The van der Waals surface area contributed by atoms with Crippen LogP contribution in [0.4, 0.5) is 0 Å². The van der Waals surface area contributed by atoms with Gasteiger partial charge in [-0.05, 0) is 51.2 Å². The fourth-order valence-corrected chi connectivity index (χ4v) is 2.67. The Morgan fingerprint density at radius 1 is 1.46 bits per heavy atom. The summed E-state index contributed by atoms with van der Waals surface area (Å²) in [5.41, 5.74) is 1.14. The lowest BCUT2D eigenvalue weighted by atomic mass is 10.1. The summed E-state index contributed by atoms with van der Waals surface area (Å²) in [4.78, 5) is 2.80. The Labute approximate surface area is 83.4 Å². The monoisotopic (exact) mass is 196 g/mol. The minimum atomic E-state index is -0.289. The molecule has 0 unspecified atom stereocenters. The first-order chi connectivity index (χ1) is 6.09. The van der Waals surface area contributed by atoms with Gasteiger partial charge in [-0.25, -0.2) is 0 Å². The predicted molar refractivity (Wildman–Crippen MR) is 56.3 cm³/mol. The van der Waals surface area contributed by atoms with Crippen molar-refractivity contribution in [2.75, 3.05) is 0 Å². The van der Waals surface area contributed by atoms with E-state index in [9.17, 15) is 5.11 Å². The van der Waals surface area contributed by atoms with Crippen molar-refractivity contribution in [2.24, 2.45) is 0 Å². The van der Waals surface area contributed by atoms with Crippen molar-refractivity contribution in [1.29, 1.82) is 0 Å². The minimum Gasteiger partial charge on any atom is -0.390 e. The standard InChI is InChI=1S/C11H16OS/c1-8-7-10(9(2)13-8)3-4-11(12)5-6-11/h7,12H,3-6H2,1-2H3. The molecule has 1 aliphatic carbocycles. The van der Waals surface area contributed by atoms with Crippen molar-refractivity contribution in [3.63, 3.8) is 0 Å². The molecule has 1 saturated carbocycles. The molecule has 72 valence electrons. The van der Waals surface area contributed by atoms with Gasteiger partial charge in [-0.3, -0.25) is 0 Å². The molecular weight excluding hydrogens is 180 g/mol. The van der Waals surface area contributed by atoms with Crippen LogP contribution in [0.15, 0.2) is 6.07 Å². The average molecular weight is 196 g/mol. The van der Waals surface area contributed by atoms with Gasteiger partial charge in [0.1, 0.15) is 0 Å². The molecule has 1 aliphatic rings. The van der Waals surface area contributed by atoms with E-state index in [1.165, 1.54) is 15.3 Å². The smallest absolute Gasteiger partial charge is 0.0653 e. The molecule has 0 spiro atoms. The van der Waals surface area contributed by atoms with Crippen molar-refractivity contribution >= 4 is 11.3 Å². The van der Waals surface area contributed by atoms with Gasteiger partial charge in [0.15, 0.2) is 0 Å². The highest BCUT2D eigenvalue weighted by molar-refractivity contribution is 7.12. The zero-order valence-corrected chi connectivity index (χ0v) is 9.08. The molecule has 0 radical (unpaired) electrons. The Kier molecular flexibility index (Phi) is 2.20. The van der Waals surface area contributed by atoms with Crippen molar-refractivity contribution < 1.29 is 5.11 Å². The van der Waals surface area contributed by atoms with E-state index in [-0.39, 0.29) is 5.60 Å². The van der Waals surface area contributed by atoms with Gasteiger partial charge in [0, 0.05) is 9.75 Å². The maximum absolute atomic E-state index is 9.69. The molecule has 0 bridgehead atoms. The van der Waals surface area contributed by atoms with Gasteiger partial charge in [-0.1, -0.05) is 0 Å². The molecule has 0 amide bonds. The van der Waals surface area contributed by atoms with Crippen LogP contribution in [0, 0.1) is 13.8 Å². The van der Waals surface area contributed by atoms with Crippen LogP contribution in [-0.2, 0) is 6.42 Å². The fraction of sp³-hybridized carbons (Fsp3) is 0.636. The molecule has 0 aromatic carbocycles. The first kappa shape index (κ1) is 9.22. The number of hydrogen-bond acceptors (Lipinski definition) is 2. The second-order valence-corrected chi connectivity index (χ2v) is 5.62. The average Bonchev–Trinajstić information content (AvgIpc) is 2.69. The zero-order chi connectivity index (χ0) is 9.47. The quantitative estimate of drug-likeness (QED) is 0.788. The van der Waals surface area contributed by atoms with Crippen LogP contribution < -0.4 is 0 Å². The normalized spacial score (nSPS) is 19.0. The van der Waals surface area contributed by atoms with Crippen molar-refractivity contribution in [3.8, 4) is 0 Å². The first-order valence-corrected chi connectivity index (χ1v) is 5.69. The maximum atomic E-state index is 9.69. The molecular formula is C11H16OS. The van der Waals surface area contributed by atoms with Crippen LogP contribution in [0.1, 0.15) is 34.6 Å². The summed E-state index contributed by atoms with van der Waals surface area (Å²) < 4.78 is 0. The third kappa shape index (κ3) is 2.12. The molecule has 0 aliphatic heterocycles. The van der Waals surface area contributed by atoms with Crippen molar-refractivity contribution in [2.45, 2.75) is 45.1 Å². The van der Waals surface area contributed by atoms with Gasteiger partial charge in [-0.15, -0.1) is 11.3 Å². The summed E-state index contributed by atoms with van der Waals surface area (Å²) in [5.74, 6) is 0. The highest BCUT2D eigenvalue weighted by Crippen LogP contribution is 2.39. The van der Waals surface area contributed by atoms with E-state index < -0.39 is 0 Å². The topological polar surface area (TPSA) is 20.2 Å². The van der Waals surface area contributed by atoms with E-state index in [1.54, 1.807) is 0 Å².